The molecular formula is C17H14N3O+. The van der Waals surface area contributed by atoms with E-state index in [4.69, 9.17) is 10.2 Å². The molecule has 3 rings (SSSR count). The highest BCUT2D eigenvalue weighted by Crippen LogP contribution is 2.33. The Kier molecular flexibility index (Phi) is 3.17. The molecule has 1 aromatic carbocycles. The van der Waals surface area contributed by atoms with E-state index in [2.05, 4.69) is 11.1 Å². The fourth-order valence-corrected chi connectivity index (χ4v) is 2.48. The molecule has 0 amide bonds. The van der Waals surface area contributed by atoms with E-state index in [-0.39, 0.29) is 0 Å². The number of nitrogen functional groups attached to an aromatic ring is 1. The van der Waals surface area contributed by atoms with Gasteiger partial charge in [0.05, 0.1) is 11.8 Å². The number of aromatic amines is 1. The van der Waals surface area contributed by atoms with Crippen LogP contribution in [0.4, 0.5) is 5.82 Å². The number of nitrogens with two attached hydrogens (primary N) is 1. The zero-order chi connectivity index (χ0) is 14.8. The molecule has 0 bridgehead atoms. The van der Waals surface area contributed by atoms with Crippen LogP contribution >= 0.6 is 0 Å². The Bertz CT molecular complexity index is 815. The summed E-state index contributed by atoms with van der Waals surface area (Å²) < 4.78 is 5.47. The second kappa shape index (κ2) is 5.14. The highest BCUT2D eigenvalue weighted by atomic mass is 16.3. The molecule has 0 aliphatic heterocycles. The summed E-state index contributed by atoms with van der Waals surface area (Å²) in [5, 5.41) is 9.39. The molecule has 0 saturated carbocycles. The molecule has 0 unspecified atom stereocenters. The third-order valence-electron chi connectivity index (χ3n) is 3.47. The molecule has 3 N–H and O–H groups in total. The standard InChI is InChI=1S/C17H13N3O/c1-11-15(14-8-5-9-21-14)13(10-18)17(19)20-16(11)12-6-3-2-4-7-12/h2-9H,1H3,(H2,19,20)/p+1. The molecule has 0 atom stereocenters. The average molecular weight is 276 g/mol. The van der Waals surface area contributed by atoms with Crippen molar-refractivity contribution in [3.63, 3.8) is 0 Å². The molecule has 102 valence electrons. The number of hydrogen-bond donors (Lipinski definition) is 1. The molecular weight excluding hydrogens is 262 g/mol. The van der Waals surface area contributed by atoms with Gasteiger partial charge < -0.3 is 4.42 Å². The van der Waals surface area contributed by atoms with Crippen LogP contribution in [-0.2, 0) is 0 Å². The number of nitrogens with zero attached hydrogens (tertiary/aromatic N) is 1. The topological polar surface area (TPSA) is 77.1 Å². The maximum Gasteiger partial charge on any atom is 0.289 e. The fraction of sp³-hybridized carbons (Fsp3) is 0.0588. The van der Waals surface area contributed by atoms with Crippen LogP contribution in [0.2, 0.25) is 0 Å². The largest absolute Gasteiger partial charge is 0.464 e. The molecule has 3 aromatic rings. The van der Waals surface area contributed by atoms with Gasteiger partial charge in [-0.2, -0.15) is 5.26 Å². The third-order valence-corrected chi connectivity index (χ3v) is 3.47. The zero-order valence-corrected chi connectivity index (χ0v) is 11.6. The summed E-state index contributed by atoms with van der Waals surface area (Å²) in [5.41, 5.74) is 10.00. The maximum atomic E-state index is 9.39. The number of anilines is 1. The Morgan fingerprint density at radius 1 is 1.14 bits per heavy atom. The molecule has 4 heteroatoms. The third kappa shape index (κ3) is 2.15. The number of furan rings is 1. The first kappa shape index (κ1) is 12.9. The second-order valence-electron chi connectivity index (χ2n) is 4.74. The van der Waals surface area contributed by atoms with Gasteiger partial charge in [0.1, 0.15) is 17.5 Å². The highest BCUT2D eigenvalue weighted by molar-refractivity contribution is 5.79. The van der Waals surface area contributed by atoms with Gasteiger partial charge in [0.2, 0.25) is 0 Å². The Balaban J connectivity index is 2.34. The first-order chi connectivity index (χ1) is 10.2. The lowest BCUT2D eigenvalue weighted by atomic mass is 9.96. The van der Waals surface area contributed by atoms with Crippen LogP contribution in [0.25, 0.3) is 22.6 Å². The zero-order valence-electron chi connectivity index (χ0n) is 11.6. The van der Waals surface area contributed by atoms with Gasteiger partial charge >= 0.3 is 0 Å². The van der Waals surface area contributed by atoms with Crippen LogP contribution < -0.4 is 10.7 Å². The second-order valence-corrected chi connectivity index (χ2v) is 4.74. The smallest absolute Gasteiger partial charge is 0.289 e. The number of H-pyrrole nitrogens is 1. The molecule has 0 saturated heterocycles. The van der Waals surface area contributed by atoms with Crippen LogP contribution in [-0.4, -0.2) is 0 Å². The van der Waals surface area contributed by atoms with Crippen molar-refractivity contribution in [2.45, 2.75) is 6.92 Å². The van der Waals surface area contributed by atoms with E-state index in [0.29, 0.717) is 17.1 Å². The van der Waals surface area contributed by atoms with E-state index in [1.807, 2.05) is 43.3 Å². The summed E-state index contributed by atoms with van der Waals surface area (Å²) >= 11 is 0. The SMILES string of the molecule is Cc1c(-c2ccccc2)[nH+]c(N)c(C#N)c1-c1ccco1. The monoisotopic (exact) mass is 276 g/mol. The number of nitrogens with one attached hydrogen (secondary N) is 1. The number of nitriles is 1. The summed E-state index contributed by atoms with van der Waals surface area (Å²) in [5.74, 6) is 0.982. The van der Waals surface area contributed by atoms with Crippen LogP contribution in [0.1, 0.15) is 11.1 Å². The summed E-state index contributed by atoms with van der Waals surface area (Å²) in [4.78, 5) is 3.13. The van der Waals surface area contributed by atoms with Gasteiger partial charge in [-0.1, -0.05) is 30.3 Å². The van der Waals surface area contributed by atoms with Gasteiger partial charge in [-0.3, -0.25) is 5.73 Å². The minimum absolute atomic E-state index is 0.341. The van der Waals surface area contributed by atoms with E-state index < -0.39 is 0 Å². The van der Waals surface area contributed by atoms with Crippen LogP contribution in [0.3, 0.4) is 0 Å². The van der Waals surface area contributed by atoms with Crippen molar-refractivity contribution in [2.24, 2.45) is 0 Å². The van der Waals surface area contributed by atoms with Crippen molar-refractivity contribution >= 4 is 5.82 Å². The first-order valence-electron chi connectivity index (χ1n) is 6.57. The van der Waals surface area contributed by atoms with E-state index in [1.165, 1.54) is 0 Å². The Morgan fingerprint density at radius 2 is 1.90 bits per heavy atom. The average Bonchev–Trinajstić information content (AvgIpc) is 3.03. The number of rotatable bonds is 2. The van der Waals surface area contributed by atoms with Crippen LogP contribution in [0, 0.1) is 18.3 Å². The van der Waals surface area contributed by atoms with Crippen molar-refractivity contribution in [1.82, 2.24) is 0 Å². The molecule has 0 fully saturated rings. The maximum absolute atomic E-state index is 9.39. The highest BCUT2D eigenvalue weighted by Gasteiger charge is 2.22. The number of hydrogen-bond acceptors (Lipinski definition) is 3. The van der Waals surface area contributed by atoms with E-state index in [1.54, 1.807) is 12.3 Å². The fourth-order valence-electron chi connectivity index (χ4n) is 2.48. The van der Waals surface area contributed by atoms with Crippen molar-refractivity contribution in [1.29, 1.82) is 5.26 Å². The minimum atomic E-state index is 0.341. The van der Waals surface area contributed by atoms with Crippen molar-refractivity contribution in [3.05, 3.63) is 59.9 Å². The normalized spacial score (nSPS) is 10.3. The van der Waals surface area contributed by atoms with Gasteiger partial charge in [-0.15, -0.1) is 0 Å². The first-order valence-corrected chi connectivity index (χ1v) is 6.57. The predicted octanol–water partition coefficient (Wildman–Crippen LogP) is 3.19. The minimum Gasteiger partial charge on any atom is -0.464 e. The van der Waals surface area contributed by atoms with Crippen molar-refractivity contribution < 1.29 is 9.40 Å². The Hall–Kier alpha value is -3.06. The van der Waals surface area contributed by atoms with Gasteiger partial charge in [-0.25, -0.2) is 4.98 Å². The van der Waals surface area contributed by atoms with Crippen LogP contribution in [0.5, 0.6) is 0 Å². The number of pyridine rings is 1. The molecule has 0 spiro atoms. The van der Waals surface area contributed by atoms with E-state index in [9.17, 15) is 5.26 Å². The molecule has 21 heavy (non-hydrogen) atoms. The quantitative estimate of drug-likeness (QED) is 0.780. The molecule has 0 radical (unpaired) electrons. The van der Waals surface area contributed by atoms with Crippen LogP contribution in [0.15, 0.2) is 53.1 Å². The van der Waals surface area contributed by atoms with Crippen molar-refractivity contribution in [2.75, 3.05) is 5.73 Å². The number of benzene rings is 1. The lowest BCUT2D eigenvalue weighted by Gasteiger charge is -2.10. The summed E-state index contributed by atoms with van der Waals surface area (Å²) in [6, 6.07) is 15.7. The van der Waals surface area contributed by atoms with Gasteiger partial charge in [0.15, 0.2) is 5.56 Å². The molecule has 0 aliphatic rings. The van der Waals surface area contributed by atoms with Gasteiger partial charge in [0.25, 0.3) is 5.82 Å². The Labute approximate surface area is 122 Å². The van der Waals surface area contributed by atoms with E-state index >= 15 is 0 Å². The lowest BCUT2D eigenvalue weighted by molar-refractivity contribution is -0.347. The summed E-state index contributed by atoms with van der Waals surface area (Å²) in [6.07, 6.45) is 1.59. The van der Waals surface area contributed by atoms with Gasteiger partial charge in [-0.05, 0) is 19.1 Å². The Morgan fingerprint density at radius 3 is 2.52 bits per heavy atom. The van der Waals surface area contributed by atoms with E-state index in [0.717, 1.165) is 22.4 Å². The summed E-state index contributed by atoms with van der Waals surface area (Å²) in [6.45, 7) is 1.96. The molecule has 2 aromatic heterocycles. The van der Waals surface area contributed by atoms with Crippen molar-refractivity contribution in [3.8, 4) is 28.7 Å². The number of aromatic nitrogens is 1. The lowest BCUT2D eigenvalue weighted by Crippen LogP contribution is -2.18. The molecule has 2 heterocycles. The summed E-state index contributed by atoms with van der Waals surface area (Å²) in [7, 11) is 0. The van der Waals surface area contributed by atoms with Gasteiger partial charge in [0, 0.05) is 11.1 Å². The molecule has 4 nitrogen and oxygen atoms in total. The predicted molar refractivity (Wildman–Crippen MR) is 80.0 cm³/mol. The molecule has 0 aliphatic carbocycles.